The number of para-hydroxylation sites is 1. The van der Waals surface area contributed by atoms with E-state index in [4.69, 9.17) is 0 Å². The molecule has 0 amide bonds. The molecule has 1 saturated carbocycles. The SMILES string of the molecule is C[C@@H]1CN(C2CCN(c3ccccc3)CC2)CC[C@@]1(O)C1CC1. The van der Waals surface area contributed by atoms with Gasteiger partial charge >= 0.3 is 0 Å². The lowest BCUT2D eigenvalue weighted by atomic mass is 9.77. The fourth-order valence-corrected chi connectivity index (χ4v) is 4.82. The zero-order valence-electron chi connectivity index (χ0n) is 14.3. The Hall–Kier alpha value is -1.06. The maximum absolute atomic E-state index is 11.0. The van der Waals surface area contributed by atoms with Gasteiger partial charge in [-0.1, -0.05) is 25.1 Å². The van der Waals surface area contributed by atoms with Gasteiger partial charge in [-0.2, -0.15) is 0 Å². The summed E-state index contributed by atoms with van der Waals surface area (Å²) >= 11 is 0. The van der Waals surface area contributed by atoms with E-state index in [1.807, 2.05) is 0 Å². The maximum Gasteiger partial charge on any atom is 0.0725 e. The number of aliphatic hydroxyl groups is 1. The molecule has 0 spiro atoms. The molecule has 2 saturated heterocycles. The lowest BCUT2D eigenvalue weighted by Crippen LogP contribution is -2.56. The van der Waals surface area contributed by atoms with Gasteiger partial charge < -0.3 is 10.0 Å². The van der Waals surface area contributed by atoms with Crippen LogP contribution in [0.25, 0.3) is 0 Å². The van der Waals surface area contributed by atoms with Gasteiger partial charge in [-0.05, 0) is 56.1 Å². The van der Waals surface area contributed by atoms with Crippen molar-refractivity contribution in [3.05, 3.63) is 30.3 Å². The molecule has 23 heavy (non-hydrogen) atoms. The van der Waals surface area contributed by atoms with E-state index in [1.54, 1.807) is 0 Å². The smallest absolute Gasteiger partial charge is 0.0725 e. The quantitative estimate of drug-likeness (QED) is 0.928. The molecule has 1 aromatic carbocycles. The molecule has 0 bridgehead atoms. The number of nitrogens with zero attached hydrogens (tertiary/aromatic N) is 2. The van der Waals surface area contributed by atoms with Crippen molar-refractivity contribution in [3.8, 4) is 0 Å². The van der Waals surface area contributed by atoms with Gasteiger partial charge in [-0.3, -0.25) is 4.90 Å². The minimum atomic E-state index is -0.360. The molecular formula is C20H30N2O. The van der Waals surface area contributed by atoms with E-state index >= 15 is 0 Å². The monoisotopic (exact) mass is 314 g/mol. The molecule has 2 heterocycles. The van der Waals surface area contributed by atoms with Crippen LogP contribution in [0, 0.1) is 11.8 Å². The van der Waals surface area contributed by atoms with Crippen LogP contribution in [0.4, 0.5) is 5.69 Å². The molecule has 3 aliphatic rings. The summed E-state index contributed by atoms with van der Waals surface area (Å²) in [6, 6.07) is 11.5. The second kappa shape index (κ2) is 6.10. The molecule has 126 valence electrons. The standard InChI is InChI=1S/C20H30N2O/c1-16-15-22(14-11-20(16,23)17-7-8-17)19-9-12-21(13-10-19)18-5-3-2-4-6-18/h2-6,16-17,19,23H,7-15H2,1H3/t16-,20+/m1/s1. The number of hydrogen-bond acceptors (Lipinski definition) is 3. The van der Waals surface area contributed by atoms with Crippen LogP contribution < -0.4 is 4.90 Å². The third-order valence-electron chi connectivity index (χ3n) is 6.55. The van der Waals surface area contributed by atoms with Crippen LogP contribution in [-0.2, 0) is 0 Å². The fraction of sp³-hybridized carbons (Fsp3) is 0.700. The van der Waals surface area contributed by atoms with Gasteiger partial charge in [0.25, 0.3) is 0 Å². The first-order valence-electron chi connectivity index (χ1n) is 9.43. The van der Waals surface area contributed by atoms with Crippen LogP contribution in [0.2, 0.25) is 0 Å². The lowest BCUT2D eigenvalue weighted by Gasteiger charge is -2.48. The highest BCUT2D eigenvalue weighted by Crippen LogP contribution is 2.47. The summed E-state index contributed by atoms with van der Waals surface area (Å²) in [5.74, 6) is 1.02. The zero-order valence-corrected chi connectivity index (χ0v) is 14.3. The minimum absolute atomic E-state index is 0.360. The number of anilines is 1. The van der Waals surface area contributed by atoms with Gasteiger partial charge in [0, 0.05) is 37.9 Å². The third kappa shape index (κ3) is 3.01. The molecule has 0 aromatic heterocycles. The molecule has 1 aliphatic carbocycles. The van der Waals surface area contributed by atoms with E-state index in [-0.39, 0.29) is 5.60 Å². The van der Waals surface area contributed by atoms with Crippen molar-refractivity contribution in [2.75, 3.05) is 31.1 Å². The van der Waals surface area contributed by atoms with Crippen molar-refractivity contribution in [2.24, 2.45) is 11.8 Å². The van der Waals surface area contributed by atoms with Crippen molar-refractivity contribution in [2.45, 2.75) is 50.7 Å². The second-order valence-electron chi connectivity index (χ2n) is 7.97. The Bertz CT molecular complexity index is 522. The van der Waals surface area contributed by atoms with E-state index in [2.05, 4.69) is 47.1 Å². The van der Waals surface area contributed by atoms with Crippen LogP contribution in [0.5, 0.6) is 0 Å². The lowest BCUT2D eigenvalue weighted by molar-refractivity contribution is -0.0907. The Morgan fingerprint density at radius 1 is 1.00 bits per heavy atom. The third-order valence-corrected chi connectivity index (χ3v) is 6.55. The molecule has 1 N–H and O–H groups in total. The molecule has 0 radical (unpaired) electrons. The highest BCUT2D eigenvalue weighted by molar-refractivity contribution is 5.46. The number of likely N-dealkylation sites (tertiary alicyclic amines) is 1. The normalized spacial score (nSPS) is 33.8. The average Bonchev–Trinajstić information content (AvgIpc) is 3.44. The molecule has 3 heteroatoms. The van der Waals surface area contributed by atoms with Gasteiger partial charge in [0.2, 0.25) is 0 Å². The van der Waals surface area contributed by atoms with Gasteiger partial charge in [0.1, 0.15) is 0 Å². The minimum Gasteiger partial charge on any atom is -0.389 e. The molecule has 3 fully saturated rings. The van der Waals surface area contributed by atoms with Crippen molar-refractivity contribution in [3.63, 3.8) is 0 Å². The summed E-state index contributed by atoms with van der Waals surface area (Å²) < 4.78 is 0. The van der Waals surface area contributed by atoms with E-state index in [0.29, 0.717) is 17.9 Å². The predicted molar refractivity (Wildman–Crippen MR) is 94.7 cm³/mol. The molecule has 1 aromatic rings. The first kappa shape index (κ1) is 15.5. The van der Waals surface area contributed by atoms with Crippen LogP contribution in [0.3, 0.4) is 0 Å². The Balaban J connectivity index is 1.33. The number of rotatable bonds is 3. The molecule has 0 unspecified atom stereocenters. The van der Waals surface area contributed by atoms with E-state index in [9.17, 15) is 5.11 Å². The Kier molecular flexibility index (Phi) is 4.10. The van der Waals surface area contributed by atoms with Crippen molar-refractivity contribution >= 4 is 5.69 Å². The van der Waals surface area contributed by atoms with Crippen LogP contribution in [0.1, 0.15) is 39.0 Å². The molecular weight excluding hydrogens is 284 g/mol. The average molecular weight is 314 g/mol. The van der Waals surface area contributed by atoms with Gasteiger partial charge in [-0.15, -0.1) is 0 Å². The first-order valence-corrected chi connectivity index (χ1v) is 9.43. The fourth-order valence-electron chi connectivity index (χ4n) is 4.82. The molecule has 4 rings (SSSR count). The first-order chi connectivity index (χ1) is 11.2. The van der Waals surface area contributed by atoms with Crippen molar-refractivity contribution in [1.82, 2.24) is 4.90 Å². The van der Waals surface area contributed by atoms with E-state index < -0.39 is 0 Å². The highest BCUT2D eigenvalue weighted by atomic mass is 16.3. The number of piperidine rings is 2. The number of hydrogen-bond donors (Lipinski definition) is 1. The summed E-state index contributed by atoms with van der Waals surface area (Å²) in [6.45, 7) is 6.76. The summed E-state index contributed by atoms with van der Waals surface area (Å²) in [5.41, 5.74) is 1.00. The Morgan fingerprint density at radius 2 is 1.70 bits per heavy atom. The predicted octanol–water partition coefficient (Wildman–Crippen LogP) is 3.14. The molecule has 2 atom stereocenters. The van der Waals surface area contributed by atoms with Crippen LogP contribution in [-0.4, -0.2) is 47.8 Å². The summed E-state index contributed by atoms with van der Waals surface area (Å²) in [7, 11) is 0. The van der Waals surface area contributed by atoms with E-state index in [1.165, 1.54) is 31.4 Å². The van der Waals surface area contributed by atoms with Gasteiger partial charge in [0.15, 0.2) is 0 Å². The molecule has 3 nitrogen and oxygen atoms in total. The Labute approximate surface area is 140 Å². The maximum atomic E-state index is 11.0. The summed E-state index contributed by atoms with van der Waals surface area (Å²) in [4.78, 5) is 5.19. The summed E-state index contributed by atoms with van der Waals surface area (Å²) in [6.07, 6.45) is 5.98. The van der Waals surface area contributed by atoms with Crippen LogP contribution in [0.15, 0.2) is 30.3 Å². The van der Waals surface area contributed by atoms with Crippen LogP contribution >= 0.6 is 0 Å². The van der Waals surface area contributed by atoms with Crippen molar-refractivity contribution < 1.29 is 5.11 Å². The summed E-state index contributed by atoms with van der Waals surface area (Å²) in [5, 5.41) is 11.0. The zero-order chi connectivity index (χ0) is 15.9. The highest BCUT2D eigenvalue weighted by Gasteiger charge is 2.50. The largest absolute Gasteiger partial charge is 0.389 e. The molecule has 2 aliphatic heterocycles. The Morgan fingerprint density at radius 3 is 2.30 bits per heavy atom. The van der Waals surface area contributed by atoms with Gasteiger partial charge in [-0.25, -0.2) is 0 Å². The van der Waals surface area contributed by atoms with Gasteiger partial charge in [0.05, 0.1) is 5.60 Å². The van der Waals surface area contributed by atoms with E-state index in [0.717, 1.165) is 32.6 Å². The van der Waals surface area contributed by atoms with Crippen molar-refractivity contribution in [1.29, 1.82) is 0 Å². The topological polar surface area (TPSA) is 26.7 Å². The second-order valence-corrected chi connectivity index (χ2v) is 7.97. The number of benzene rings is 1.